The summed E-state index contributed by atoms with van der Waals surface area (Å²) in [4.78, 5) is 29.7. The lowest BCUT2D eigenvalue weighted by atomic mass is 9.94. The Morgan fingerprint density at radius 1 is 0.956 bits per heavy atom. The standard InChI is InChI=1S/C32H30ClF5N4O3/c1-18-12-19(6-9-26(18)33)16-39-28(43)24-14-20(17-42-11-10-41(5)29(42)40-30(44)45-31(2,3)4)13-23(27(24)35)22-8-7-21(34)15-25(22)32(36,37)38/h6-15H,16-17H2,1-5H3,(H,39,43)/b40-29-. The van der Waals surface area contributed by atoms with Crippen molar-refractivity contribution in [2.75, 3.05) is 0 Å². The van der Waals surface area contributed by atoms with Crippen LogP contribution < -0.4 is 10.9 Å². The normalized spacial score (nSPS) is 12.4. The number of amides is 2. The van der Waals surface area contributed by atoms with Crippen molar-refractivity contribution in [1.82, 2.24) is 14.5 Å². The second-order valence-corrected chi connectivity index (χ2v) is 11.8. The summed E-state index contributed by atoms with van der Waals surface area (Å²) in [7, 11) is 1.61. The van der Waals surface area contributed by atoms with Crippen LogP contribution in [0.25, 0.3) is 11.1 Å². The van der Waals surface area contributed by atoms with Crippen molar-refractivity contribution >= 4 is 23.6 Å². The van der Waals surface area contributed by atoms with Crippen LogP contribution in [0.15, 0.2) is 65.9 Å². The van der Waals surface area contributed by atoms with E-state index in [1.54, 1.807) is 65.3 Å². The predicted octanol–water partition coefficient (Wildman–Crippen LogP) is 7.57. The first-order chi connectivity index (χ1) is 20.9. The molecule has 238 valence electrons. The van der Waals surface area contributed by atoms with Crippen LogP contribution >= 0.6 is 11.6 Å². The highest BCUT2D eigenvalue weighted by molar-refractivity contribution is 6.31. The molecule has 0 saturated carbocycles. The molecule has 45 heavy (non-hydrogen) atoms. The smallest absolute Gasteiger partial charge is 0.437 e. The number of nitrogens with zero attached hydrogens (tertiary/aromatic N) is 3. The number of benzene rings is 3. The third kappa shape index (κ3) is 8.18. The summed E-state index contributed by atoms with van der Waals surface area (Å²) >= 11 is 6.07. The van der Waals surface area contributed by atoms with E-state index in [2.05, 4.69) is 10.3 Å². The molecule has 0 aliphatic carbocycles. The van der Waals surface area contributed by atoms with Crippen LogP contribution in [0.2, 0.25) is 5.02 Å². The maximum Gasteiger partial charge on any atom is 0.437 e. The van der Waals surface area contributed by atoms with E-state index in [0.29, 0.717) is 10.6 Å². The van der Waals surface area contributed by atoms with Gasteiger partial charge >= 0.3 is 12.3 Å². The molecule has 1 N–H and O–H groups in total. The van der Waals surface area contributed by atoms with Gasteiger partial charge in [0.05, 0.1) is 17.7 Å². The molecule has 13 heteroatoms. The fourth-order valence-electron chi connectivity index (χ4n) is 4.56. The lowest BCUT2D eigenvalue weighted by Gasteiger charge is -2.18. The van der Waals surface area contributed by atoms with Crippen LogP contribution in [0, 0.1) is 18.6 Å². The maximum absolute atomic E-state index is 16.0. The van der Waals surface area contributed by atoms with Gasteiger partial charge in [0.1, 0.15) is 17.2 Å². The Morgan fingerprint density at radius 3 is 2.31 bits per heavy atom. The van der Waals surface area contributed by atoms with Gasteiger partial charge in [0.2, 0.25) is 5.62 Å². The highest BCUT2D eigenvalue weighted by Gasteiger charge is 2.35. The molecule has 0 saturated heterocycles. The van der Waals surface area contributed by atoms with Gasteiger partial charge in [-0.15, -0.1) is 4.99 Å². The Bertz CT molecular complexity index is 1840. The molecular weight excluding hydrogens is 619 g/mol. The van der Waals surface area contributed by atoms with Crippen molar-refractivity contribution in [3.8, 4) is 11.1 Å². The average Bonchev–Trinajstić information content (AvgIpc) is 3.26. The van der Waals surface area contributed by atoms with Gasteiger partial charge in [-0.2, -0.15) is 13.2 Å². The third-order valence-electron chi connectivity index (χ3n) is 6.61. The number of aromatic nitrogens is 2. The molecule has 7 nitrogen and oxygen atoms in total. The first kappa shape index (κ1) is 33.4. The summed E-state index contributed by atoms with van der Waals surface area (Å²) in [6.07, 6.45) is -2.77. The lowest BCUT2D eigenvalue weighted by Crippen LogP contribution is -2.29. The Hall–Kier alpha value is -4.45. The minimum atomic E-state index is -5.03. The highest BCUT2D eigenvalue weighted by atomic mass is 35.5. The van der Waals surface area contributed by atoms with E-state index in [9.17, 15) is 27.2 Å². The van der Waals surface area contributed by atoms with E-state index in [1.165, 1.54) is 15.2 Å². The van der Waals surface area contributed by atoms with E-state index in [1.807, 2.05) is 0 Å². The van der Waals surface area contributed by atoms with Crippen molar-refractivity contribution < 1.29 is 36.3 Å². The van der Waals surface area contributed by atoms with Gasteiger partial charge in [-0.1, -0.05) is 29.8 Å². The number of carbonyl (C=O) groups is 2. The summed E-state index contributed by atoms with van der Waals surface area (Å²) in [6.45, 7) is 6.64. The first-order valence-electron chi connectivity index (χ1n) is 13.6. The average molecular weight is 649 g/mol. The second kappa shape index (κ2) is 12.9. The molecule has 0 radical (unpaired) electrons. The largest absolute Gasteiger partial charge is 0.442 e. The number of rotatable bonds is 6. The minimum absolute atomic E-state index is 0.0213. The van der Waals surface area contributed by atoms with Crippen molar-refractivity contribution in [1.29, 1.82) is 0 Å². The Kier molecular flexibility index (Phi) is 9.57. The van der Waals surface area contributed by atoms with Gasteiger partial charge in [-0.25, -0.2) is 13.6 Å². The number of nitrogens with one attached hydrogen (secondary N) is 1. The molecule has 0 bridgehead atoms. The van der Waals surface area contributed by atoms with Crippen LogP contribution in [-0.4, -0.2) is 26.7 Å². The van der Waals surface area contributed by atoms with Gasteiger partial charge in [0, 0.05) is 36.6 Å². The Balaban J connectivity index is 1.82. The van der Waals surface area contributed by atoms with Crippen LogP contribution in [0.5, 0.6) is 0 Å². The van der Waals surface area contributed by atoms with Gasteiger partial charge in [-0.05, 0) is 80.3 Å². The summed E-state index contributed by atoms with van der Waals surface area (Å²) < 4.78 is 80.1. The van der Waals surface area contributed by atoms with Crippen molar-refractivity contribution in [3.63, 3.8) is 0 Å². The second-order valence-electron chi connectivity index (χ2n) is 11.4. The van der Waals surface area contributed by atoms with Gasteiger partial charge in [0.25, 0.3) is 5.91 Å². The number of ether oxygens (including phenoxy) is 1. The number of carbonyl (C=O) groups excluding carboxylic acids is 2. The fraction of sp³-hybridized carbons (Fsp3) is 0.281. The van der Waals surface area contributed by atoms with Gasteiger partial charge in [-0.3, -0.25) is 4.79 Å². The molecule has 0 aliphatic rings. The first-order valence-corrected chi connectivity index (χ1v) is 14.0. The third-order valence-corrected chi connectivity index (χ3v) is 7.03. The Labute approximate surface area is 260 Å². The number of aryl methyl sites for hydroxylation is 2. The van der Waals surface area contributed by atoms with E-state index >= 15 is 4.39 Å². The maximum atomic E-state index is 16.0. The fourth-order valence-corrected chi connectivity index (χ4v) is 4.68. The predicted molar refractivity (Wildman–Crippen MR) is 158 cm³/mol. The Morgan fingerprint density at radius 2 is 1.67 bits per heavy atom. The zero-order chi connectivity index (χ0) is 33.3. The number of imidazole rings is 1. The number of hydrogen-bond donors (Lipinski definition) is 1. The number of alkyl halides is 3. The molecule has 0 unspecified atom stereocenters. The zero-order valence-electron chi connectivity index (χ0n) is 25.0. The minimum Gasteiger partial charge on any atom is -0.442 e. The highest BCUT2D eigenvalue weighted by Crippen LogP contribution is 2.39. The van der Waals surface area contributed by atoms with E-state index in [0.717, 1.165) is 23.8 Å². The topological polar surface area (TPSA) is 77.6 Å². The molecule has 2 amide bonds. The SMILES string of the molecule is Cc1cc(CNC(=O)c2cc(Cn3ccn(C)/c3=N/C(=O)OC(C)(C)C)cc(-c3ccc(F)cc3C(F)(F)F)c2F)ccc1Cl. The molecule has 0 fully saturated rings. The van der Waals surface area contributed by atoms with E-state index in [4.69, 9.17) is 16.3 Å². The molecule has 1 aromatic heterocycles. The molecule has 0 spiro atoms. The molecule has 4 rings (SSSR count). The van der Waals surface area contributed by atoms with Gasteiger partial charge < -0.3 is 19.2 Å². The molecule has 3 aromatic carbocycles. The quantitative estimate of drug-likeness (QED) is 0.219. The molecule has 1 heterocycles. The van der Waals surface area contributed by atoms with Gasteiger partial charge in [0.15, 0.2) is 0 Å². The van der Waals surface area contributed by atoms with Crippen LogP contribution in [0.1, 0.15) is 53.4 Å². The monoisotopic (exact) mass is 648 g/mol. The van der Waals surface area contributed by atoms with E-state index < -0.39 is 57.7 Å². The summed E-state index contributed by atoms with van der Waals surface area (Å²) in [5, 5.41) is 3.11. The number of hydrogen-bond acceptors (Lipinski definition) is 3. The summed E-state index contributed by atoms with van der Waals surface area (Å²) in [5.41, 5.74) is -2.24. The van der Waals surface area contributed by atoms with E-state index in [-0.39, 0.29) is 30.3 Å². The zero-order valence-corrected chi connectivity index (χ0v) is 25.8. The van der Waals surface area contributed by atoms with Crippen LogP contribution in [0.4, 0.5) is 26.7 Å². The molecule has 4 aromatic rings. The van der Waals surface area contributed by atoms with Crippen LogP contribution in [-0.2, 0) is 31.1 Å². The summed E-state index contributed by atoms with van der Waals surface area (Å²) in [5.74, 6) is -3.28. The lowest BCUT2D eigenvalue weighted by molar-refractivity contribution is -0.137. The molecule has 0 atom stereocenters. The van der Waals surface area contributed by atoms with Crippen molar-refractivity contribution in [2.24, 2.45) is 12.0 Å². The molecular formula is C32H30ClF5N4O3. The van der Waals surface area contributed by atoms with Crippen LogP contribution in [0.3, 0.4) is 0 Å². The van der Waals surface area contributed by atoms with Crippen molar-refractivity contribution in [2.45, 2.75) is 52.6 Å². The van der Waals surface area contributed by atoms with Crippen molar-refractivity contribution in [3.05, 3.63) is 111 Å². The summed E-state index contributed by atoms with van der Waals surface area (Å²) in [6, 6.07) is 9.26. The number of halogens is 6. The molecule has 0 aliphatic heterocycles.